The summed E-state index contributed by atoms with van der Waals surface area (Å²) < 4.78 is 46.3. The second-order valence-electron chi connectivity index (χ2n) is 16.6. The number of benzene rings is 4. The van der Waals surface area contributed by atoms with Crippen molar-refractivity contribution in [3.8, 4) is 11.5 Å². The standard InChI is InChI=1S/C47H37Cl3F3N7O6/c1-58(2)29-12-8-27(9-13-29)55-56-28-10-14-30(15-11-28)59-42(62)32-17-16-31-33(38(32)44(59)64)21-34-43(63)60(57-41-36(50)20-25(22-54-41)47(51,52)53)45(65)46(34,24-4-6-26(48)7-5-24)39(31)23-18-35(49)40(61)37(19-23)66-3/h4-16,18-20,22,32-34,38-39,61H,17,21H2,1-3H3,(H,54,57)/t32-,33+,34-,38-,39-,46+/m0/s1. The van der Waals surface area contributed by atoms with Crippen LogP contribution in [-0.4, -0.2) is 59.9 Å². The first-order valence-electron chi connectivity index (χ1n) is 20.5. The zero-order valence-corrected chi connectivity index (χ0v) is 37.3. The largest absolute Gasteiger partial charge is 0.503 e. The molecular weight excluding hydrogens is 922 g/mol. The molecule has 3 fully saturated rings. The van der Waals surface area contributed by atoms with Crippen molar-refractivity contribution in [1.29, 1.82) is 0 Å². The summed E-state index contributed by atoms with van der Waals surface area (Å²) in [6.07, 6.45) is -2.47. The lowest BCUT2D eigenvalue weighted by Crippen LogP contribution is -2.53. The molecule has 2 saturated heterocycles. The molecule has 19 heteroatoms. The Balaban J connectivity index is 1.13. The van der Waals surface area contributed by atoms with Crippen LogP contribution in [0.4, 0.5) is 41.7 Å². The average molecular weight is 959 g/mol. The zero-order valence-electron chi connectivity index (χ0n) is 35.1. The van der Waals surface area contributed by atoms with Crippen LogP contribution in [0.1, 0.15) is 35.4 Å². The molecule has 338 valence electrons. The third kappa shape index (κ3) is 7.31. The van der Waals surface area contributed by atoms with Gasteiger partial charge in [0.2, 0.25) is 11.8 Å². The number of alkyl halides is 3. The minimum atomic E-state index is -4.78. The molecule has 4 aromatic carbocycles. The van der Waals surface area contributed by atoms with Gasteiger partial charge in [-0.3, -0.25) is 29.5 Å². The van der Waals surface area contributed by atoms with E-state index < -0.39 is 81.2 Å². The van der Waals surface area contributed by atoms with Gasteiger partial charge in [-0.05, 0) is 109 Å². The van der Waals surface area contributed by atoms with Gasteiger partial charge in [0.1, 0.15) is 0 Å². The number of carbonyl (C=O) groups is 4. The number of aromatic hydroxyl groups is 1. The topological polar surface area (TPSA) is 157 Å². The molecule has 66 heavy (non-hydrogen) atoms. The Morgan fingerprint density at radius 3 is 2.11 bits per heavy atom. The number of aromatic nitrogens is 1. The summed E-state index contributed by atoms with van der Waals surface area (Å²) in [5.74, 6) is -8.46. The van der Waals surface area contributed by atoms with Crippen molar-refractivity contribution >= 4 is 87.0 Å². The monoisotopic (exact) mass is 957 g/mol. The maximum Gasteiger partial charge on any atom is 0.417 e. The average Bonchev–Trinajstić information content (AvgIpc) is 3.67. The number of imide groups is 2. The SMILES string of the molecule is COc1cc([C@H]2C3=CC[C@@H]4C(=O)N(c5ccc(N=Nc6ccc(N(C)C)cc6)cc5)C(=O)[C@@H]4[C@@H]3C[C@H]3C(=O)N(Nc4ncc(C(F)(F)F)cc4Cl)C(=O)[C@@]23c2ccc(Cl)cc2)cc(Cl)c1O. The Bertz CT molecular complexity index is 2880. The van der Waals surface area contributed by atoms with Crippen LogP contribution >= 0.6 is 34.8 Å². The lowest BCUT2D eigenvalue weighted by Gasteiger charge is -2.50. The van der Waals surface area contributed by atoms with Gasteiger partial charge in [0, 0.05) is 36.9 Å². The number of rotatable bonds is 9. The summed E-state index contributed by atoms with van der Waals surface area (Å²) in [4.78, 5) is 66.7. The highest BCUT2D eigenvalue weighted by atomic mass is 35.5. The van der Waals surface area contributed by atoms with Crippen molar-refractivity contribution in [3.63, 3.8) is 0 Å². The summed E-state index contributed by atoms with van der Waals surface area (Å²) in [6.45, 7) is 0. The molecule has 13 nitrogen and oxygen atoms in total. The second-order valence-corrected chi connectivity index (χ2v) is 17.9. The predicted molar refractivity (Wildman–Crippen MR) is 240 cm³/mol. The van der Waals surface area contributed by atoms with Gasteiger partial charge in [0.15, 0.2) is 17.3 Å². The number of nitrogens with zero attached hydrogens (tertiary/aromatic N) is 6. The molecule has 2 aliphatic carbocycles. The summed E-state index contributed by atoms with van der Waals surface area (Å²) in [5.41, 5.74) is 3.22. The van der Waals surface area contributed by atoms with E-state index in [9.17, 15) is 27.9 Å². The number of methoxy groups -OCH3 is 1. The van der Waals surface area contributed by atoms with Crippen molar-refractivity contribution in [2.24, 2.45) is 33.9 Å². The molecule has 4 amide bonds. The van der Waals surface area contributed by atoms with E-state index in [2.05, 4.69) is 20.6 Å². The zero-order chi connectivity index (χ0) is 47.0. The molecular formula is C47H37Cl3F3N7O6. The van der Waals surface area contributed by atoms with E-state index in [-0.39, 0.29) is 29.4 Å². The highest BCUT2D eigenvalue weighted by Gasteiger charge is 2.70. The van der Waals surface area contributed by atoms with Gasteiger partial charge < -0.3 is 14.7 Å². The Kier molecular flexibility index (Phi) is 11.3. The van der Waals surface area contributed by atoms with E-state index >= 15 is 9.59 Å². The summed E-state index contributed by atoms with van der Waals surface area (Å²) in [5, 5.41) is 19.9. The number of anilines is 3. The number of pyridine rings is 1. The number of hydrogen-bond donors (Lipinski definition) is 2. The molecule has 9 rings (SSSR count). The number of nitrogens with one attached hydrogen (secondary N) is 1. The molecule has 3 heterocycles. The number of hydrogen-bond acceptors (Lipinski definition) is 11. The Morgan fingerprint density at radius 2 is 1.50 bits per heavy atom. The van der Waals surface area contributed by atoms with Crippen LogP contribution in [0.2, 0.25) is 15.1 Å². The number of amides is 4. The molecule has 1 saturated carbocycles. The van der Waals surface area contributed by atoms with E-state index in [1.54, 1.807) is 48.5 Å². The fourth-order valence-corrected chi connectivity index (χ4v) is 10.5. The highest BCUT2D eigenvalue weighted by molar-refractivity contribution is 6.33. The number of azo groups is 1. The predicted octanol–water partition coefficient (Wildman–Crippen LogP) is 10.4. The van der Waals surface area contributed by atoms with E-state index in [1.807, 2.05) is 49.3 Å². The van der Waals surface area contributed by atoms with Crippen molar-refractivity contribution in [3.05, 3.63) is 141 Å². The number of phenolic OH excluding ortho intramolecular Hbond substituents is 1. The maximum atomic E-state index is 15.5. The summed E-state index contributed by atoms with van der Waals surface area (Å²) in [6, 6.07) is 23.8. The van der Waals surface area contributed by atoms with Gasteiger partial charge in [-0.15, -0.1) is 0 Å². The van der Waals surface area contributed by atoms with Crippen LogP contribution in [0, 0.1) is 23.7 Å². The number of halogens is 6. The van der Waals surface area contributed by atoms with Crippen LogP contribution in [-0.2, 0) is 30.8 Å². The molecule has 6 atom stereocenters. The molecule has 5 aromatic rings. The number of allylic oxidation sites excluding steroid dienone is 2. The van der Waals surface area contributed by atoms with Gasteiger partial charge in [-0.2, -0.15) is 28.4 Å². The molecule has 2 aliphatic heterocycles. The van der Waals surface area contributed by atoms with Crippen molar-refractivity contribution < 1.29 is 42.2 Å². The van der Waals surface area contributed by atoms with Gasteiger partial charge in [0.05, 0.1) is 62.9 Å². The molecule has 4 aliphatic rings. The third-order valence-corrected chi connectivity index (χ3v) is 13.7. The number of carbonyl (C=O) groups excluding carboxylic acids is 4. The van der Waals surface area contributed by atoms with Crippen molar-refractivity contribution in [2.45, 2.75) is 30.4 Å². The lowest BCUT2D eigenvalue weighted by molar-refractivity contribution is -0.139. The number of phenols is 1. The molecule has 0 spiro atoms. The van der Waals surface area contributed by atoms with E-state index in [1.165, 1.54) is 19.2 Å². The third-order valence-electron chi connectivity index (χ3n) is 12.9. The maximum absolute atomic E-state index is 15.5. The molecule has 1 aromatic heterocycles. The first kappa shape index (κ1) is 44.7. The van der Waals surface area contributed by atoms with Crippen LogP contribution < -0.4 is 20.0 Å². The van der Waals surface area contributed by atoms with Gasteiger partial charge in [0.25, 0.3) is 11.8 Å². The Labute approximate surface area is 390 Å². The summed E-state index contributed by atoms with van der Waals surface area (Å²) in [7, 11) is 5.18. The van der Waals surface area contributed by atoms with Crippen LogP contribution in [0.25, 0.3) is 0 Å². The van der Waals surface area contributed by atoms with Crippen LogP contribution in [0.5, 0.6) is 11.5 Å². The smallest absolute Gasteiger partial charge is 0.417 e. The first-order valence-corrected chi connectivity index (χ1v) is 21.6. The fraction of sp³-hybridized carbons (Fsp3) is 0.255. The van der Waals surface area contributed by atoms with E-state index in [0.717, 1.165) is 10.6 Å². The summed E-state index contributed by atoms with van der Waals surface area (Å²) >= 11 is 19.3. The Morgan fingerprint density at radius 1 is 0.848 bits per heavy atom. The molecule has 0 bridgehead atoms. The lowest BCUT2D eigenvalue weighted by atomic mass is 9.49. The van der Waals surface area contributed by atoms with Gasteiger partial charge in [-0.1, -0.05) is 58.6 Å². The van der Waals surface area contributed by atoms with Gasteiger partial charge >= 0.3 is 6.18 Å². The van der Waals surface area contributed by atoms with Crippen molar-refractivity contribution in [2.75, 3.05) is 36.4 Å². The minimum Gasteiger partial charge on any atom is -0.503 e. The van der Waals surface area contributed by atoms with Crippen LogP contribution in [0.3, 0.4) is 0 Å². The number of hydrazine groups is 1. The number of ether oxygens (including phenoxy) is 1. The highest BCUT2D eigenvalue weighted by Crippen LogP contribution is 2.65. The molecule has 2 N–H and O–H groups in total. The van der Waals surface area contributed by atoms with Crippen molar-refractivity contribution in [1.82, 2.24) is 9.99 Å². The molecule has 0 radical (unpaired) electrons. The van der Waals surface area contributed by atoms with E-state index in [0.29, 0.717) is 56.1 Å². The van der Waals surface area contributed by atoms with Gasteiger partial charge in [-0.25, -0.2) is 4.98 Å². The minimum absolute atomic E-state index is 0.0484. The van der Waals surface area contributed by atoms with E-state index in [4.69, 9.17) is 39.5 Å². The first-order chi connectivity index (χ1) is 31.4. The Hall–Kier alpha value is -6.49. The fourth-order valence-electron chi connectivity index (χ4n) is 9.93. The second kappa shape index (κ2) is 16.7. The molecule has 0 unspecified atom stereocenters. The number of fused-ring (bicyclic) bond motifs is 4. The normalized spacial score (nSPS) is 23.8. The quantitative estimate of drug-likeness (QED) is 0.0834. The van der Waals surface area contributed by atoms with Crippen LogP contribution in [0.15, 0.2) is 119 Å².